The molecule has 2 aromatic heterocycles. The maximum Gasteiger partial charge on any atom is 0.0958 e. The van der Waals surface area contributed by atoms with Gasteiger partial charge in [0.05, 0.1) is 21.8 Å². The Morgan fingerprint density at radius 1 is 1.37 bits per heavy atom. The van der Waals surface area contributed by atoms with Crippen molar-refractivity contribution in [3.05, 3.63) is 38.5 Å². The zero-order valence-electron chi connectivity index (χ0n) is 11.0. The smallest absolute Gasteiger partial charge is 0.0958 e. The lowest BCUT2D eigenvalue weighted by Gasteiger charge is -2.25. The van der Waals surface area contributed by atoms with Crippen LogP contribution in [-0.4, -0.2) is 15.6 Å². The van der Waals surface area contributed by atoms with E-state index in [1.54, 1.807) is 11.3 Å². The molecule has 2 aromatic rings. The van der Waals surface area contributed by atoms with Crippen molar-refractivity contribution in [3.63, 3.8) is 0 Å². The molecule has 0 saturated heterocycles. The van der Waals surface area contributed by atoms with Gasteiger partial charge >= 0.3 is 0 Å². The van der Waals surface area contributed by atoms with Crippen LogP contribution in [0.5, 0.6) is 0 Å². The topological polar surface area (TPSA) is 43.8 Å². The summed E-state index contributed by atoms with van der Waals surface area (Å²) in [6.45, 7) is 2.08. The second-order valence-electron chi connectivity index (χ2n) is 5.20. The van der Waals surface area contributed by atoms with E-state index in [9.17, 15) is 0 Å². The molecule has 3 rings (SSSR count). The highest BCUT2D eigenvalue weighted by Gasteiger charge is 2.25. The van der Waals surface area contributed by atoms with Gasteiger partial charge in [-0.05, 0) is 60.7 Å². The van der Waals surface area contributed by atoms with Crippen molar-refractivity contribution in [1.29, 1.82) is 0 Å². The summed E-state index contributed by atoms with van der Waals surface area (Å²) >= 11 is 5.30. The first-order valence-electron chi connectivity index (χ1n) is 6.72. The van der Waals surface area contributed by atoms with E-state index in [1.165, 1.54) is 29.1 Å². The molecule has 102 valence electrons. The Balaban J connectivity index is 2.03. The van der Waals surface area contributed by atoms with Crippen molar-refractivity contribution in [1.82, 2.24) is 9.55 Å². The second kappa shape index (κ2) is 5.38. The van der Waals surface area contributed by atoms with Crippen LogP contribution in [0.3, 0.4) is 0 Å². The van der Waals surface area contributed by atoms with Crippen LogP contribution >= 0.6 is 27.3 Å². The minimum absolute atomic E-state index is 0.0748. The van der Waals surface area contributed by atoms with E-state index in [0.717, 1.165) is 16.6 Å². The molecule has 0 saturated carbocycles. The molecule has 5 heteroatoms. The number of aromatic nitrogens is 2. The third kappa shape index (κ3) is 2.51. The van der Waals surface area contributed by atoms with Gasteiger partial charge in [0.2, 0.25) is 0 Å². The summed E-state index contributed by atoms with van der Waals surface area (Å²) < 4.78 is 3.46. The highest BCUT2D eigenvalue weighted by molar-refractivity contribution is 9.11. The predicted molar refractivity (Wildman–Crippen MR) is 82.7 cm³/mol. The molecule has 3 nitrogen and oxygen atoms in total. The van der Waals surface area contributed by atoms with Crippen LogP contribution in [0.1, 0.15) is 42.1 Å². The Morgan fingerprint density at radius 3 is 2.84 bits per heavy atom. The number of halogens is 1. The number of rotatable bonds is 3. The van der Waals surface area contributed by atoms with E-state index >= 15 is 0 Å². The molecule has 0 aliphatic heterocycles. The number of thiophene rings is 1. The lowest BCUT2D eigenvalue weighted by Crippen LogP contribution is -2.30. The molecule has 0 fully saturated rings. The fourth-order valence-electron chi connectivity index (χ4n) is 2.87. The third-order valence-electron chi connectivity index (χ3n) is 3.74. The second-order valence-corrected chi connectivity index (χ2v) is 7.69. The maximum atomic E-state index is 6.25. The number of nitrogens with two attached hydrogens (primary N) is 1. The van der Waals surface area contributed by atoms with Gasteiger partial charge < -0.3 is 10.3 Å². The predicted octanol–water partition coefficient (Wildman–Crippen LogP) is 3.52. The van der Waals surface area contributed by atoms with Crippen molar-refractivity contribution in [2.24, 2.45) is 5.73 Å². The summed E-state index contributed by atoms with van der Waals surface area (Å²) in [5, 5.41) is 0. The number of hydrogen-bond donors (Lipinski definition) is 1. The molecule has 0 amide bonds. The number of imidazole rings is 1. The summed E-state index contributed by atoms with van der Waals surface area (Å²) in [5.41, 5.74) is 8.90. The maximum absolute atomic E-state index is 6.25. The van der Waals surface area contributed by atoms with Gasteiger partial charge in [0.25, 0.3) is 0 Å². The minimum Gasteiger partial charge on any atom is -0.326 e. The van der Waals surface area contributed by atoms with E-state index in [-0.39, 0.29) is 12.1 Å². The number of hydrogen-bond acceptors (Lipinski definition) is 3. The largest absolute Gasteiger partial charge is 0.326 e. The number of aryl methyl sites for hydroxylation is 1. The van der Waals surface area contributed by atoms with Gasteiger partial charge in [-0.1, -0.05) is 0 Å². The van der Waals surface area contributed by atoms with E-state index < -0.39 is 0 Å². The molecule has 0 spiro atoms. The zero-order valence-corrected chi connectivity index (χ0v) is 13.4. The molecular weight excluding hydrogens is 322 g/mol. The SMILES string of the molecule is CC(N)C(c1ccc(Br)s1)n1cnc2c1CCCC2. The van der Waals surface area contributed by atoms with Crippen molar-refractivity contribution in [2.75, 3.05) is 0 Å². The summed E-state index contributed by atoms with van der Waals surface area (Å²) in [7, 11) is 0. The lowest BCUT2D eigenvalue weighted by molar-refractivity contribution is 0.479. The molecule has 0 aromatic carbocycles. The molecule has 2 atom stereocenters. The Labute approximate surface area is 126 Å². The van der Waals surface area contributed by atoms with Crippen LogP contribution < -0.4 is 5.73 Å². The molecular formula is C14H18BrN3S. The monoisotopic (exact) mass is 339 g/mol. The molecule has 2 heterocycles. The number of fused-ring (bicyclic) bond motifs is 1. The van der Waals surface area contributed by atoms with Crippen molar-refractivity contribution >= 4 is 27.3 Å². The Kier molecular flexibility index (Phi) is 3.78. The Morgan fingerprint density at radius 2 is 2.16 bits per heavy atom. The average molecular weight is 340 g/mol. The summed E-state index contributed by atoms with van der Waals surface area (Å²) in [6, 6.07) is 4.54. The Hall–Kier alpha value is -0.650. The minimum atomic E-state index is 0.0748. The highest BCUT2D eigenvalue weighted by atomic mass is 79.9. The summed E-state index contributed by atoms with van der Waals surface area (Å²) in [6.07, 6.45) is 6.75. The molecule has 2 N–H and O–H groups in total. The van der Waals surface area contributed by atoms with Gasteiger partial charge in [-0.25, -0.2) is 4.98 Å². The molecule has 1 aliphatic carbocycles. The van der Waals surface area contributed by atoms with E-state index in [0.29, 0.717) is 0 Å². The van der Waals surface area contributed by atoms with Crippen molar-refractivity contribution < 1.29 is 0 Å². The first kappa shape index (κ1) is 13.3. The molecule has 19 heavy (non-hydrogen) atoms. The molecule has 0 radical (unpaired) electrons. The molecule has 2 unspecified atom stereocenters. The fraction of sp³-hybridized carbons (Fsp3) is 0.500. The van der Waals surface area contributed by atoms with Gasteiger partial charge in [-0.15, -0.1) is 11.3 Å². The average Bonchev–Trinajstić information content (AvgIpc) is 2.98. The van der Waals surface area contributed by atoms with Crippen LogP contribution in [0.4, 0.5) is 0 Å². The highest BCUT2D eigenvalue weighted by Crippen LogP contribution is 2.33. The van der Waals surface area contributed by atoms with Gasteiger partial charge in [-0.3, -0.25) is 0 Å². The van der Waals surface area contributed by atoms with E-state index in [4.69, 9.17) is 5.73 Å². The molecule has 0 bridgehead atoms. The van der Waals surface area contributed by atoms with Gasteiger partial charge in [0.15, 0.2) is 0 Å². The van der Waals surface area contributed by atoms with Crippen LogP contribution in [0, 0.1) is 0 Å². The van der Waals surface area contributed by atoms with E-state index in [1.807, 2.05) is 6.33 Å². The van der Waals surface area contributed by atoms with Crippen molar-refractivity contribution in [2.45, 2.75) is 44.7 Å². The van der Waals surface area contributed by atoms with Gasteiger partial charge in [-0.2, -0.15) is 0 Å². The lowest BCUT2D eigenvalue weighted by atomic mass is 10.00. The summed E-state index contributed by atoms with van der Waals surface area (Å²) in [5.74, 6) is 0. The van der Waals surface area contributed by atoms with Crippen molar-refractivity contribution in [3.8, 4) is 0 Å². The standard InChI is InChI=1S/C14H18BrN3S/c1-9(16)14(12-6-7-13(15)19-12)18-8-17-10-4-2-3-5-11(10)18/h6-9,14H,2-5,16H2,1H3. The first-order valence-corrected chi connectivity index (χ1v) is 8.33. The Bertz CT molecular complexity index is 573. The zero-order chi connectivity index (χ0) is 13.4. The fourth-order valence-corrected chi connectivity index (χ4v) is 4.51. The van der Waals surface area contributed by atoms with E-state index in [2.05, 4.69) is 44.5 Å². The normalized spacial score (nSPS) is 18.1. The van der Waals surface area contributed by atoms with Crippen LogP contribution in [0.25, 0.3) is 0 Å². The van der Waals surface area contributed by atoms with Gasteiger partial charge in [0.1, 0.15) is 0 Å². The number of nitrogens with zero attached hydrogens (tertiary/aromatic N) is 2. The molecule has 1 aliphatic rings. The third-order valence-corrected chi connectivity index (χ3v) is 5.44. The summed E-state index contributed by atoms with van der Waals surface area (Å²) in [4.78, 5) is 5.89. The first-order chi connectivity index (χ1) is 9.16. The van der Waals surface area contributed by atoms with Crippen LogP contribution in [-0.2, 0) is 12.8 Å². The van der Waals surface area contributed by atoms with Gasteiger partial charge in [0, 0.05) is 16.6 Å². The quantitative estimate of drug-likeness (QED) is 0.929. The van der Waals surface area contributed by atoms with Crippen LogP contribution in [0.2, 0.25) is 0 Å². The van der Waals surface area contributed by atoms with Crippen LogP contribution in [0.15, 0.2) is 22.2 Å².